The summed E-state index contributed by atoms with van der Waals surface area (Å²) < 4.78 is 30.6. The smallest absolute Gasteiger partial charge is 0.256 e. The van der Waals surface area contributed by atoms with Crippen LogP contribution in [-0.4, -0.2) is 151 Å². The van der Waals surface area contributed by atoms with E-state index in [2.05, 4.69) is 30.2 Å². The van der Waals surface area contributed by atoms with Crippen molar-refractivity contribution in [2.45, 2.75) is 132 Å². The maximum atomic E-state index is 16.7. The summed E-state index contributed by atoms with van der Waals surface area (Å²) in [6.07, 6.45) is 12.4. The van der Waals surface area contributed by atoms with Crippen molar-refractivity contribution >= 4 is 17.6 Å². The molecular formula is C38H57FN6O5. The van der Waals surface area contributed by atoms with Crippen molar-refractivity contribution in [1.29, 1.82) is 0 Å². The zero-order chi connectivity index (χ0) is 33.9. The van der Waals surface area contributed by atoms with Crippen molar-refractivity contribution in [1.82, 2.24) is 30.2 Å². The molecule has 2 N–H and O–H groups in total. The average molecular weight is 697 g/mol. The lowest BCUT2D eigenvalue weighted by atomic mass is 9.67. The molecule has 9 rings (SSSR count). The second-order valence-corrected chi connectivity index (χ2v) is 17.0. The van der Waals surface area contributed by atoms with Gasteiger partial charge in [-0.05, 0) is 102 Å². The number of morpholine rings is 1. The molecule has 0 bridgehead atoms. The molecule has 11 unspecified atom stereocenters. The molecule has 3 saturated carbocycles. The number of ketones is 1. The topological polar surface area (TPSA) is 107 Å². The van der Waals surface area contributed by atoms with Gasteiger partial charge in [0.1, 0.15) is 6.17 Å². The molecular weight excluding hydrogens is 639 g/mol. The van der Waals surface area contributed by atoms with E-state index in [9.17, 15) is 14.4 Å². The van der Waals surface area contributed by atoms with Crippen molar-refractivity contribution in [2.24, 2.45) is 17.8 Å². The largest absolute Gasteiger partial charge is 0.374 e. The van der Waals surface area contributed by atoms with Crippen LogP contribution in [0.25, 0.3) is 0 Å². The number of hydrogen-bond acceptors (Lipinski definition) is 9. The summed E-state index contributed by atoms with van der Waals surface area (Å²) in [7, 11) is 0. The van der Waals surface area contributed by atoms with Gasteiger partial charge in [0.25, 0.3) is 5.91 Å². The number of nitrogens with one attached hydrogen (secondary N) is 2. The van der Waals surface area contributed by atoms with E-state index in [1.54, 1.807) is 0 Å². The Balaban J connectivity index is 0.960. The lowest BCUT2D eigenvalue weighted by molar-refractivity contribution is -0.220. The number of fused-ring (bicyclic) bond motifs is 5. The van der Waals surface area contributed by atoms with Gasteiger partial charge in [0, 0.05) is 44.3 Å². The van der Waals surface area contributed by atoms with Gasteiger partial charge in [0.15, 0.2) is 5.78 Å². The summed E-state index contributed by atoms with van der Waals surface area (Å²) in [5.41, 5.74) is 0.169. The van der Waals surface area contributed by atoms with Crippen LogP contribution in [0, 0.1) is 17.8 Å². The first-order valence-corrected chi connectivity index (χ1v) is 20.2. The Labute approximate surface area is 296 Å². The summed E-state index contributed by atoms with van der Waals surface area (Å²) in [5, 5.41) is 6.28. The van der Waals surface area contributed by atoms with Gasteiger partial charge >= 0.3 is 0 Å². The Bertz CT molecular complexity index is 1340. The molecule has 0 aromatic carbocycles. The minimum Gasteiger partial charge on any atom is -0.374 e. The second-order valence-electron chi connectivity index (χ2n) is 17.0. The molecule has 12 heteroatoms. The van der Waals surface area contributed by atoms with Gasteiger partial charge in [-0.3, -0.25) is 24.2 Å². The van der Waals surface area contributed by atoms with E-state index >= 15 is 4.39 Å². The molecule has 2 amide bonds. The Morgan fingerprint density at radius 2 is 1.60 bits per heavy atom. The van der Waals surface area contributed by atoms with E-state index in [1.165, 1.54) is 32.1 Å². The third kappa shape index (κ3) is 6.22. The van der Waals surface area contributed by atoms with Gasteiger partial charge in [-0.25, -0.2) is 4.39 Å². The zero-order valence-electron chi connectivity index (χ0n) is 29.6. The van der Waals surface area contributed by atoms with Gasteiger partial charge in [-0.2, -0.15) is 0 Å². The highest BCUT2D eigenvalue weighted by Gasteiger charge is 2.62. The van der Waals surface area contributed by atoms with Gasteiger partial charge in [-0.15, -0.1) is 0 Å². The van der Waals surface area contributed by atoms with E-state index < -0.39 is 24.2 Å². The number of hydrogen-bond donors (Lipinski definition) is 2. The van der Waals surface area contributed by atoms with Crippen molar-refractivity contribution in [3.8, 4) is 0 Å². The van der Waals surface area contributed by atoms with Gasteiger partial charge in [0.2, 0.25) is 5.91 Å². The summed E-state index contributed by atoms with van der Waals surface area (Å²) in [4.78, 5) is 49.8. The number of carbonyl (C=O) groups excluding carboxylic acids is 3. The van der Waals surface area contributed by atoms with Crippen molar-refractivity contribution in [3.05, 3.63) is 11.8 Å². The number of halogens is 1. The van der Waals surface area contributed by atoms with Crippen LogP contribution in [0.4, 0.5) is 4.39 Å². The highest BCUT2D eigenvalue weighted by atomic mass is 19.1. The molecule has 3 aliphatic carbocycles. The number of nitrogens with zero attached hydrogens (tertiary/aromatic N) is 4. The number of amides is 2. The molecule has 0 aromatic rings. The number of carbonyl (C=O) groups is 3. The van der Waals surface area contributed by atoms with Crippen LogP contribution in [0.2, 0.25) is 0 Å². The molecule has 8 fully saturated rings. The van der Waals surface area contributed by atoms with Gasteiger partial charge in [-0.1, -0.05) is 12.8 Å². The van der Waals surface area contributed by atoms with Gasteiger partial charge < -0.3 is 29.9 Å². The Kier molecular flexibility index (Phi) is 9.45. The SMILES string of the molecule is O=C(CN1CCCC1)N[C@@H]1CCN(C2C(F)CC3C(=O)C(C(=O)NCCN4CCCC4)=CN4C5CC6OC7CCCCC7C6CC5OC2C34)C1. The van der Waals surface area contributed by atoms with Crippen LogP contribution < -0.4 is 10.6 Å². The molecule has 11 nitrogen and oxygen atoms in total. The maximum absolute atomic E-state index is 16.7. The standard InChI is InChI=1S/C38H57FN6O5/c39-28-17-26-34-37(35(28)44-15-9-23(20-44)41-33(46)22-43-13-5-6-14-43)50-32-18-25-24-7-1-2-8-30(24)49-31(25)19-29(32)45(34)21-27(36(26)47)38(48)40-10-16-42-11-3-4-12-42/h21,23-26,28-32,34-35,37H,1-20,22H2,(H,40,48)(H,41,46)/t23-,24?,25?,26?,28?,29?,30?,31?,32?,34?,35?,37?/m1/s1. The van der Waals surface area contributed by atoms with Crippen LogP contribution in [0.1, 0.15) is 77.0 Å². The molecule has 12 atom stereocenters. The molecule has 9 aliphatic rings. The van der Waals surface area contributed by atoms with E-state index in [-0.39, 0.29) is 59.9 Å². The van der Waals surface area contributed by atoms with E-state index in [1.807, 2.05) is 6.20 Å². The van der Waals surface area contributed by atoms with E-state index in [4.69, 9.17) is 9.47 Å². The van der Waals surface area contributed by atoms with Crippen molar-refractivity contribution in [2.75, 3.05) is 58.9 Å². The normalized spacial score (nSPS) is 43.2. The first-order chi connectivity index (χ1) is 24.4. The molecule has 0 radical (unpaired) electrons. The monoisotopic (exact) mass is 696 g/mol. The van der Waals surface area contributed by atoms with Crippen LogP contribution in [-0.2, 0) is 23.9 Å². The average Bonchev–Trinajstić information content (AvgIpc) is 3.94. The molecule has 0 aromatic heterocycles. The number of likely N-dealkylation sites (tertiary alicyclic amines) is 3. The van der Waals surface area contributed by atoms with E-state index in [0.717, 1.165) is 71.2 Å². The number of alkyl halides is 1. The van der Waals surface area contributed by atoms with Crippen LogP contribution in [0.3, 0.4) is 0 Å². The number of ether oxygens (including phenoxy) is 2. The third-order valence-electron chi connectivity index (χ3n) is 14.1. The first-order valence-electron chi connectivity index (χ1n) is 20.2. The quantitative estimate of drug-likeness (QED) is 0.368. The molecule has 50 heavy (non-hydrogen) atoms. The summed E-state index contributed by atoms with van der Waals surface area (Å²) in [5.74, 6) is -0.188. The molecule has 0 spiro atoms. The fourth-order valence-corrected chi connectivity index (χ4v) is 11.8. The lowest BCUT2D eigenvalue weighted by Gasteiger charge is -2.61. The Morgan fingerprint density at radius 1 is 0.820 bits per heavy atom. The summed E-state index contributed by atoms with van der Waals surface area (Å²) >= 11 is 0. The predicted molar refractivity (Wildman–Crippen MR) is 184 cm³/mol. The van der Waals surface area contributed by atoms with Crippen LogP contribution in [0.15, 0.2) is 11.8 Å². The van der Waals surface area contributed by atoms with Gasteiger partial charge in [0.05, 0.1) is 54.7 Å². The zero-order valence-corrected chi connectivity index (χ0v) is 29.6. The highest BCUT2D eigenvalue weighted by Crippen LogP contribution is 2.53. The Morgan fingerprint density at radius 3 is 2.42 bits per heavy atom. The van der Waals surface area contributed by atoms with E-state index in [0.29, 0.717) is 44.1 Å². The Hall–Kier alpha value is -2.12. The second kappa shape index (κ2) is 14.0. The number of Topliss-reactive ketones (excluding diaryl/α,β-unsaturated/α-hetero) is 1. The minimum atomic E-state index is -1.27. The molecule has 6 heterocycles. The maximum Gasteiger partial charge on any atom is 0.256 e. The third-order valence-corrected chi connectivity index (χ3v) is 14.1. The first kappa shape index (κ1) is 33.7. The fraction of sp³-hybridized carbons (Fsp3) is 0.868. The number of rotatable bonds is 8. The van der Waals surface area contributed by atoms with Crippen LogP contribution >= 0.6 is 0 Å². The van der Waals surface area contributed by atoms with Crippen LogP contribution in [0.5, 0.6) is 0 Å². The fourth-order valence-electron chi connectivity index (χ4n) is 11.8. The molecule has 5 saturated heterocycles. The summed E-state index contributed by atoms with van der Waals surface area (Å²) in [6.45, 7) is 7.00. The molecule has 276 valence electrons. The molecule has 6 aliphatic heterocycles. The summed E-state index contributed by atoms with van der Waals surface area (Å²) in [6, 6.07) is -0.877. The van der Waals surface area contributed by atoms with Crippen molar-refractivity contribution in [3.63, 3.8) is 0 Å². The minimum absolute atomic E-state index is 0.0198. The predicted octanol–water partition coefficient (Wildman–Crippen LogP) is 1.85. The lowest BCUT2D eigenvalue weighted by Crippen LogP contribution is -2.73. The van der Waals surface area contributed by atoms with Crippen molar-refractivity contribution < 1.29 is 28.2 Å². The highest BCUT2D eigenvalue weighted by molar-refractivity contribution is 6.20.